The van der Waals surface area contributed by atoms with Crippen LogP contribution in [0, 0.1) is 17.5 Å². The van der Waals surface area contributed by atoms with Crippen LogP contribution in [-0.2, 0) is 0 Å². The third-order valence-corrected chi connectivity index (χ3v) is 4.79. The summed E-state index contributed by atoms with van der Waals surface area (Å²) >= 11 is 0. The van der Waals surface area contributed by atoms with Gasteiger partial charge < -0.3 is 10.0 Å². The molecule has 1 saturated heterocycles. The molecule has 0 aliphatic carbocycles. The van der Waals surface area contributed by atoms with Gasteiger partial charge in [-0.15, -0.1) is 0 Å². The molecule has 7 heteroatoms. The molecule has 1 aliphatic heterocycles. The van der Waals surface area contributed by atoms with E-state index in [0.29, 0.717) is 6.07 Å². The summed E-state index contributed by atoms with van der Waals surface area (Å²) in [6.45, 7) is 1.10. The minimum absolute atomic E-state index is 0.0500. The van der Waals surface area contributed by atoms with Crippen LogP contribution in [0.5, 0.6) is 0 Å². The van der Waals surface area contributed by atoms with Crippen LogP contribution < -0.4 is 4.90 Å². The molecule has 1 atom stereocenters. The summed E-state index contributed by atoms with van der Waals surface area (Å²) in [7, 11) is 1.93. The summed E-state index contributed by atoms with van der Waals surface area (Å²) in [5, 5.41) is 9.69. The van der Waals surface area contributed by atoms with Gasteiger partial charge in [-0.25, -0.2) is 18.0 Å². The number of halogens is 3. The number of anilines is 1. The van der Waals surface area contributed by atoms with E-state index in [-0.39, 0.29) is 29.4 Å². The van der Waals surface area contributed by atoms with Crippen molar-refractivity contribution in [2.24, 2.45) is 0 Å². The third kappa shape index (κ3) is 3.53. The Hall–Kier alpha value is -2.54. The van der Waals surface area contributed by atoms with E-state index < -0.39 is 23.5 Å². The molecule has 4 nitrogen and oxygen atoms in total. The van der Waals surface area contributed by atoms with E-state index >= 15 is 0 Å². The summed E-state index contributed by atoms with van der Waals surface area (Å²) in [5.41, 5.74) is 0.266. The highest BCUT2D eigenvalue weighted by Crippen LogP contribution is 2.34. The number of carboxylic acid groups (broad SMARTS) is 1. The number of nitrogens with zero attached hydrogens (tertiary/aromatic N) is 2. The summed E-state index contributed by atoms with van der Waals surface area (Å²) in [6, 6.07) is 7.54. The van der Waals surface area contributed by atoms with Crippen molar-refractivity contribution in [1.82, 2.24) is 4.90 Å². The zero-order valence-corrected chi connectivity index (χ0v) is 14.3. The van der Waals surface area contributed by atoms with Crippen LogP contribution in [0.3, 0.4) is 0 Å². The Morgan fingerprint density at radius 1 is 1.15 bits per heavy atom. The van der Waals surface area contributed by atoms with Crippen molar-refractivity contribution < 1.29 is 23.1 Å². The molecule has 2 aromatic rings. The fourth-order valence-corrected chi connectivity index (χ4v) is 3.37. The fourth-order valence-electron chi connectivity index (χ4n) is 3.37. The maximum atomic E-state index is 14.2. The van der Waals surface area contributed by atoms with Crippen molar-refractivity contribution in [2.75, 3.05) is 25.0 Å². The first-order valence-electron chi connectivity index (χ1n) is 8.33. The molecule has 0 bridgehead atoms. The lowest BCUT2D eigenvalue weighted by molar-refractivity contribution is 0.198. The molecule has 0 spiro atoms. The van der Waals surface area contributed by atoms with Crippen molar-refractivity contribution in [1.29, 1.82) is 0 Å². The van der Waals surface area contributed by atoms with Crippen LogP contribution in [-0.4, -0.2) is 42.3 Å². The van der Waals surface area contributed by atoms with E-state index in [2.05, 4.69) is 4.90 Å². The van der Waals surface area contributed by atoms with Crippen molar-refractivity contribution in [3.63, 3.8) is 0 Å². The smallest absolute Gasteiger partial charge is 0.411 e. The largest absolute Gasteiger partial charge is 0.465 e. The molecule has 1 heterocycles. The van der Waals surface area contributed by atoms with E-state index in [9.17, 15) is 23.1 Å². The maximum Gasteiger partial charge on any atom is 0.411 e. The van der Waals surface area contributed by atoms with Gasteiger partial charge in [0.05, 0.1) is 5.69 Å². The van der Waals surface area contributed by atoms with Gasteiger partial charge in [-0.2, -0.15) is 0 Å². The van der Waals surface area contributed by atoms with Crippen LogP contribution in [0.15, 0.2) is 36.4 Å². The van der Waals surface area contributed by atoms with Crippen molar-refractivity contribution >= 4 is 11.8 Å². The molecule has 0 saturated carbocycles. The summed E-state index contributed by atoms with van der Waals surface area (Å²) < 4.78 is 41.1. The summed E-state index contributed by atoms with van der Waals surface area (Å²) in [5.74, 6) is -3.42. The average molecular weight is 364 g/mol. The van der Waals surface area contributed by atoms with Crippen molar-refractivity contribution in [3.05, 3.63) is 53.8 Å². The molecule has 2 aromatic carbocycles. The van der Waals surface area contributed by atoms with Gasteiger partial charge in [-0.05, 0) is 38.6 Å². The van der Waals surface area contributed by atoms with Gasteiger partial charge in [-0.3, -0.25) is 4.90 Å². The number of carbonyl (C=O) groups is 1. The Kier molecular flexibility index (Phi) is 5.18. The number of rotatable bonds is 4. The number of likely N-dealkylation sites (tertiary alicyclic amines) is 1. The normalized spacial score (nSPS) is 17.5. The molecule has 3 rings (SSSR count). The van der Waals surface area contributed by atoms with Gasteiger partial charge in [0.25, 0.3) is 0 Å². The summed E-state index contributed by atoms with van der Waals surface area (Å²) in [6.07, 6.45) is 0.663. The van der Waals surface area contributed by atoms with E-state index in [1.54, 1.807) is 18.2 Å². The Bertz CT molecular complexity index is 828. The predicted octanol–water partition coefficient (Wildman–Crippen LogP) is 4.35. The first-order valence-corrected chi connectivity index (χ1v) is 8.33. The van der Waals surface area contributed by atoms with E-state index in [1.807, 2.05) is 7.05 Å². The number of hydrogen-bond donors (Lipinski definition) is 1. The lowest BCUT2D eigenvalue weighted by Gasteiger charge is -2.28. The molecular weight excluding hydrogens is 345 g/mol. The zero-order valence-electron chi connectivity index (χ0n) is 14.3. The second-order valence-corrected chi connectivity index (χ2v) is 6.43. The third-order valence-electron chi connectivity index (χ3n) is 4.79. The van der Waals surface area contributed by atoms with Crippen molar-refractivity contribution in [3.8, 4) is 11.1 Å². The molecule has 1 aliphatic rings. The Morgan fingerprint density at radius 2 is 1.85 bits per heavy atom. The molecule has 26 heavy (non-hydrogen) atoms. The molecule has 0 aromatic heterocycles. The molecule has 1 unspecified atom stereocenters. The number of para-hydroxylation sites is 1. The number of hydrogen-bond acceptors (Lipinski definition) is 2. The first-order chi connectivity index (χ1) is 12.4. The highest BCUT2D eigenvalue weighted by atomic mass is 19.2. The SMILES string of the molecule is CN1CCCC1CN(C(=O)O)c1ccccc1-c1cc(F)c(F)cc1F. The monoisotopic (exact) mass is 364 g/mol. The molecule has 1 N–H and O–H groups in total. The molecule has 0 radical (unpaired) electrons. The second kappa shape index (κ2) is 7.37. The standard InChI is InChI=1S/C19H19F3N2O2/c1-23-8-4-5-12(23)11-24(19(25)26)18-7-3-2-6-13(18)14-9-16(21)17(22)10-15(14)20/h2-3,6-7,9-10,12H,4-5,8,11H2,1H3,(H,25,26). The number of likely N-dealkylation sites (N-methyl/N-ethyl adjacent to an activating group) is 1. The van der Waals surface area contributed by atoms with Crippen LogP contribution in [0.2, 0.25) is 0 Å². The van der Waals surface area contributed by atoms with Gasteiger partial charge in [-0.1, -0.05) is 18.2 Å². The zero-order chi connectivity index (χ0) is 18.8. The Balaban J connectivity index is 2.04. The minimum atomic E-state index is -1.29. The second-order valence-electron chi connectivity index (χ2n) is 6.43. The van der Waals surface area contributed by atoms with Crippen LogP contribution in [0.25, 0.3) is 11.1 Å². The van der Waals surface area contributed by atoms with E-state index in [1.165, 1.54) is 6.07 Å². The van der Waals surface area contributed by atoms with Gasteiger partial charge in [0, 0.05) is 29.8 Å². The van der Waals surface area contributed by atoms with Gasteiger partial charge in [0.1, 0.15) is 5.82 Å². The molecular formula is C19H19F3N2O2. The lowest BCUT2D eigenvalue weighted by atomic mass is 10.0. The summed E-state index contributed by atoms with van der Waals surface area (Å²) in [4.78, 5) is 15.1. The van der Waals surface area contributed by atoms with E-state index in [0.717, 1.165) is 30.4 Å². The Morgan fingerprint density at radius 3 is 2.50 bits per heavy atom. The van der Waals surface area contributed by atoms with Gasteiger partial charge in [0.2, 0.25) is 0 Å². The van der Waals surface area contributed by atoms with Gasteiger partial charge >= 0.3 is 6.09 Å². The predicted molar refractivity (Wildman–Crippen MR) is 92.8 cm³/mol. The Labute approximate surface area is 149 Å². The quantitative estimate of drug-likeness (QED) is 0.821. The van der Waals surface area contributed by atoms with Crippen LogP contribution in [0.4, 0.5) is 23.7 Å². The van der Waals surface area contributed by atoms with Crippen LogP contribution >= 0.6 is 0 Å². The molecule has 138 valence electrons. The van der Waals surface area contributed by atoms with Gasteiger partial charge in [0.15, 0.2) is 11.6 Å². The molecule has 1 amide bonds. The van der Waals surface area contributed by atoms with Crippen LogP contribution in [0.1, 0.15) is 12.8 Å². The minimum Gasteiger partial charge on any atom is -0.465 e. The number of benzene rings is 2. The maximum absolute atomic E-state index is 14.2. The van der Waals surface area contributed by atoms with Crippen molar-refractivity contribution in [2.45, 2.75) is 18.9 Å². The highest BCUT2D eigenvalue weighted by molar-refractivity contribution is 5.93. The molecule has 1 fully saturated rings. The number of amides is 1. The highest BCUT2D eigenvalue weighted by Gasteiger charge is 2.28. The van der Waals surface area contributed by atoms with E-state index in [4.69, 9.17) is 0 Å². The topological polar surface area (TPSA) is 43.8 Å². The fraction of sp³-hybridized carbons (Fsp3) is 0.316. The first kappa shape index (κ1) is 18.3. The lowest BCUT2D eigenvalue weighted by Crippen LogP contribution is -2.41. The average Bonchev–Trinajstić information content (AvgIpc) is 3.01.